The molecule has 0 atom stereocenters. The SMILES string of the molecule is Cc1ccc(S(=O)(=O)N(CC(=O)N/N=C\c2cccc(C(F)(F)F)c2)c2cc(C)cc(C)c2)cc1. The first-order valence-corrected chi connectivity index (χ1v) is 12.0. The molecule has 0 aliphatic heterocycles. The molecule has 184 valence electrons. The number of aryl methyl sites for hydroxylation is 3. The van der Waals surface area contributed by atoms with Gasteiger partial charge in [-0.15, -0.1) is 0 Å². The zero-order chi connectivity index (χ0) is 25.8. The van der Waals surface area contributed by atoms with Gasteiger partial charge in [-0.05, 0) is 73.9 Å². The second-order valence-electron chi connectivity index (χ2n) is 8.09. The quantitative estimate of drug-likeness (QED) is 0.365. The van der Waals surface area contributed by atoms with E-state index in [1.165, 1.54) is 24.3 Å². The van der Waals surface area contributed by atoms with Crippen LogP contribution < -0.4 is 9.73 Å². The summed E-state index contributed by atoms with van der Waals surface area (Å²) in [6, 6.07) is 15.9. The summed E-state index contributed by atoms with van der Waals surface area (Å²) in [6.45, 7) is 4.87. The number of hydrogen-bond donors (Lipinski definition) is 1. The number of carbonyl (C=O) groups is 1. The van der Waals surface area contributed by atoms with Crippen molar-refractivity contribution in [3.8, 4) is 0 Å². The molecule has 0 saturated carbocycles. The van der Waals surface area contributed by atoms with Crippen molar-refractivity contribution in [2.24, 2.45) is 5.10 Å². The number of hydrogen-bond acceptors (Lipinski definition) is 4. The van der Waals surface area contributed by atoms with Crippen LogP contribution in [0, 0.1) is 20.8 Å². The minimum Gasteiger partial charge on any atom is -0.271 e. The van der Waals surface area contributed by atoms with Crippen molar-refractivity contribution in [1.82, 2.24) is 5.43 Å². The molecular formula is C25H24F3N3O3S. The van der Waals surface area contributed by atoms with Gasteiger partial charge in [0.2, 0.25) is 0 Å². The Morgan fingerprint density at radius 2 is 1.57 bits per heavy atom. The molecule has 1 amide bonds. The molecule has 0 spiro atoms. The van der Waals surface area contributed by atoms with Crippen molar-refractivity contribution in [3.05, 3.63) is 94.5 Å². The van der Waals surface area contributed by atoms with Gasteiger partial charge in [0.15, 0.2) is 0 Å². The summed E-state index contributed by atoms with van der Waals surface area (Å²) in [5.41, 5.74) is 4.28. The van der Waals surface area contributed by atoms with E-state index in [-0.39, 0.29) is 10.5 Å². The zero-order valence-corrected chi connectivity index (χ0v) is 20.1. The summed E-state index contributed by atoms with van der Waals surface area (Å²) >= 11 is 0. The third-order valence-corrected chi connectivity index (χ3v) is 6.80. The number of halogens is 3. The topological polar surface area (TPSA) is 78.8 Å². The van der Waals surface area contributed by atoms with E-state index in [2.05, 4.69) is 10.5 Å². The largest absolute Gasteiger partial charge is 0.416 e. The van der Waals surface area contributed by atoms with Crippen molar-refractivity contribution in [2.75, 3.05) is 10.8 Å². The first-order valence-electron chi connectivity index (χ1n) is 10.5. The Kier molecular flexibility index (Phi) is 7.64. The van der Waals surface area contributed by atoms with Gasteiger partial charge >= 0.3 is 6.18 Å². The van der Waals surface area contributed by atoms with E-state index in [1.807, 2.05) is 26.8 Å². The number of anilines is 1. The van der Waals surface area contributed by atoms with Gasteiger partial charge in [0, 0.05) is 0 Å². The Bertz CT molecular complexity index is 1330. The average molecular weight is 504 g/mol. The van der Waals surface area contributed by atoms with Crippen LogP contribution in [-0.4, -0.2) is 27.1 Å². The molecule has 0 aliphatic rings. The van der Waals surface area contributed by atoms with E-state index in [4.69, 9.17) is 0 Å². The fraction of sp³-hybridized carbons (Fsp3) is 0.200. The molecule has 0 aromatic heterocycles. The van der Waals surface area contributed by atoms with Crippen molar-refractivity contribution in [2.45, 2.75) is 31.8 Å². The molecule has 3 aromatic rings. The van der Waals surface area contributed by atoms with Gasteiger partial charge in [-0.25, -0.2) is 13.8 Å². The highest BCUT2D eigenvalue weighted by Gasteiger charge is 2.30. The van der Waals surface area contributed by atoms with E-state index < -0.39 is 34.2 Å². The van der Waals surface area contributed by atoms with Gasteiger partial charge < -0.3 is 0 Å². The maximum absolute atomic E-state index is 13.4. The Labute approximate surface area is 202 Å². The van der Waals surface area contributed by atoms with E-state index in [1.54, 1.807) is 24.3 Å². The summed E-state index contributed by atoms with van der Waals surface area (Å²) in [5.74, 6) is -0.761. The van der Waals surface area contributed by atoms with Crippen LogP contribution >= 0.6 is 0 Å². The van der Waals surface area contributed by atoms with Crippen LogP contribution in [0.25, 0.3) is 0 Å². The molecule has 0 heterocycles. The van der Waals surface area contributed by atoms with Crippen LogP contribution in [0.5, 0.6) is 0 Å². The summed E-state index contributed by atoms with van der Waals surface area (Å²) in [5, 5.41) is 3.70. The normalized spacial score (nSPS) is 12.1. The number of nitrogens with zero attached hydrogens (tertiary/aromatic N) is 2. The van der Waals surface area contributed by atoms with Crippen molar-refractivity contribution in [1.29, 1.82) is 0 Å². The lowest BCUT2D eigenvalue weighted by atomic mass is 10.1. The van der Waals surface area contributed by atoms with Crippen molar-refractivity contribution >= 4 is 27.8 Å². The number of amides is 1. The first-order chi connectivity index (χ1) is 16.4. The lowest BCUT2D eigenvalue weighted by Gasteiger charge is -2.24. The third kappa shape index (κ3) is 6.69. The second-order valence-corrected chi connectivity index (χ2v) is 9.95. The molecule has 0 bridgehead atoms. The summed E-state index contributed by atoms with van der Waals surface area (Å²) in [6.07, 6.45) is -3.45. The third-order valence-electron chi connectivity index (χ3n) is 5.01. The highest BCUT2D eigenvalue weighted by Crippen LogP contribution is 2.29. The first kappa shape index (κ1) is 26.0. The Balaban J connectivity index is 1.86. The highest BCUT2D eigenvalue weighted by molar-refractivity contribution is 7.92. The van der Waals surface area contributed by atoms with Gasteiger partial charge in [-0.3, -0.25) is 9.10 Å². The predicted molar refractivity (Wildman–Crippen MR) is 129 cm³/mol. The molecule has 0 radical (unpaired) electrons. The van der Waals surface area contributed by atoms with Crippen molar-refractivity contribution < 1.29 is 26.4 Å². The van der Waals surface area contributed by atoms with Crippen LogP contribution in [0.4, 0.5) is 18.9 Å². The molecule has 3 rings (SSSR count). The average Bonchev–Trinajstić information content (AvgIpc) is 2.76. The van der Waals surface area contributed by atoms with E-state index in [0.717, 1.165) is 39.3 Å². The maximum Gasteiger partial charge on any atom is 0.416 e. The fourth-order valence-electron chi connectivity index (χ4n) is 3.39. The van der Waals surface area contributed by atoms with Gasteiger partial charge in [0.05, 0.1) is 22.4 Å². The number of alkyl halides is 3. The van der Waals surface area contributed by atoms with Crippen LogP contribution in [-0.2, 0) is 21.0 Å². The number of benzene rings is 3. The number of sulfonamides is 1. The lowest BCUT2D eigenvalue weighted by Crippen LogP contribution is -2.39. The molecule has 6 nitrogen and oxygen atoms in total. The molecule has 0 saturated heterocycles. The van der Waals surface area contributed by atoms with Gasteiger partial charge in [0.1, 0.15) is 6.54 Å². The molecular weight excluding hydrogens is 479 g/mol. The Morgan fingerprint density at radius 3 is 2.17 bits per heavy atom. The second kappa shape index (κ2) is 10.3. The maximum atomic E-state index is 13.4. The van der Waals surface area contributed by atoms with Crippen LogP contribution in [0.15, 0.2) is 76.7 Å². The molecule has 0 aliphatic carbocycles. The van der Waals surface area contributed by atoms with Crippen molar-refractivity contribution in [3.63, 3.8) is 0 Å². The summed E-state index contributed by atoms with van der Waals surface area (Å²) in [7, 11) is -4.10. The van der Waals surface area contributed by atoms with E-state index in [9.17, 15) is 26.4 Å². The van der Waals surface area contributed by atoms with E-state index in [0.29, 0.717) is 5.69 Å². The Morgan fingerprint density at radius 1 is 0.943 bits per heavy atom. The molecule has 35 heavy (non-hydrogen) atoms. The predicted octanol–water partition coefficient (Wildman–Crippen LogP) is 4.98. The standard InChI is InChI=1S/C25H24F3N3O3S/c1-17-7-9-23(10-8-17)35(33,34)31(22-12-18(2)11-19(3)13-22)16-24(32)30-29-15-20-5-4-6-21(14-20)25(26,27)28/h4-15H,16H2,1-3H3,(H,30,32)/b29-15-. The van der Waals surface area contributed by atoms with Gasteiger partial charge in [-0.1, -0.05) is 35.9 Å². The lowest BCUT2D eigenvalue weighted by molar-refractivity contribution is -0.137. The van der Waals surface area contributed by atoms with E-state index >= 15 is 0 Å². The summed E-state index contributed by atoms with van der Waals surface area (Å²) < 4.78 is 66.5. The van der Waals surface area contributed by atoms with Crippen LogP contribution in [0.1, 0.15) is 27.8 Å². The van der Waals surface area contributed by atoms with Gasteiger partial charge in [0.25, 0.3) is 15.9 Å². The molecule has 0 unspecified atom stereocenters. The molecule has 10 heteroatoms. The minimum absolute atomic E-state index is 0.0162. The monoisotopic (exact) mass is 503 g/mol. The number of rotatable bonds is 7. The number of carbonyl (C=O) groups excluding carboxylic acids is 1. The molecule has 3 aromatic carbocycles. The number of hydrazone groups is 1. The number of nitrogens with one attached hydrogen (secondary N) is 1. The molecule has 0 fully saturated rings. The zero-order valence-electron chi connectivity index (χ0n) is 19.3. The Hall–Kier alpha value is -3.66. The highest BCUT2D eigenvalue weighted by atomic mass is 32.2. The molecule has 1 N–H and O–H groups in total. The van der Waals surface area contributed by atoms with Crippen LogP contribution in [0.3, 0.4) is 0 Å². The van der Waals surface area contributed by atoms with Crippen LogP contribution in [0.2, 0.25) is 0 Å². The summed E-state index contributed by atoms with van der Waals surface area (Å²) in [4.78, 5) is 12.7. The fourth-order valence-corrected chi connectivity index (χ4v) is 4.79. The van der Waals surface area contributed by atoms with Gasteiger partial charge in [-0.2, -0.15) is 18.3 Å². The smallest absolute Gasteiger partial charge is 0.271 e. The minimum atomic E-state index is -4.51.